The van der Waals surface area contributed by atoms with Crippen LogP contribution in [0.25, 0.3) is 0 Å². The lowest BCUT2D eigenvalue weighted by atomic mass is 9.99. The zero-order valence-electron chi connectivity index (χ0n) is 44.3. The highest BCUT2D eigenvalue weighted by molar-refractivity contribution is 5.76. The van der Waals surface area contributed by atoms with Gasteiger partial charge in [0.25, 0.3) is 0 Å². The number of rotatable bonds is 49. The van der Waals surface area contributed by atoms with E-state index in [9.17, 15) is 35.1 Å². The minimum atomic E-state index is -1.58. The molecule has 69 heavy (non-hydrogen) atoms. The number of ether oxygens (including phenoxy) is 3. The molecule has 0 bridgehead atoms. The summed E-state index contributed by atoms with van der Waals surface area (Å²) in [6, 6.07) is -0.819. The standard InChI is InChI=1S/C58H107NO10/c1-3-5-7-9-11-13-14-15-16-17-18-19-20-23-26-30-34-38-42-46-54(63)67-47-43-39-35-31-27-24-21-22-25-29-33-37-41-45-53(62)59-50(51(61)44-40-36-32-28-12-10-8-6-4-2)49-68-58-57(66)56(65)55(64)52(48-60)69-58/h11,13,15-16,40,44,50-52,55-58,60-61,64-66H,3-10,12,14,17-39,41-43,45-49H2,1-2H3,(H,59,62)/b13-11-,16-15-,44-40+. The van der Waals surface area contributed by atoms with E-state index in [0.29, 0.717) is 19.4 Å². The van der Waals surface area contributed by atoms with Crippen molar-refractivity contribution in [2.45, 2.75) is 301 Å². The third kappa shape index (κ3) is 38.2. The maximum atomic E-state index is 13.0. The third-order valence-electron chi connectivity index (χ3n) is 13.5. The van der Waals surface area contributed by atoms with Crippen molar-refractivity contribution in [3.8, 4) is 0 Å². The predicted molar refractivity (Wildman–Crippen MR) is 283 cm³/mol. The first-order valence-electron chi connectivity index (χ1n) is 28.8. The molecule has 1 rings (SSSR count). The summed E-state index contributed by atoms with van der Waals surface area (Å²) in [5, 5.41) is 54.1. The Kier molecular flexibility index (Phi) is 45.3. The third-order valence-corrected chi connectivity index (χ3v) is 13.5. The van der Waals surface area contributed by atoms with Crippen molar-refractivity contribution in [2.75, 3.05) is 19.8 Å². The van der Waals surface area contributed by atoms with Gasteiger partial charge in [-0.1, -0.05) is 217 Å². The molecule has 11 nitrogen and oxygen atoms in total. The lowest BCUT2D eigenvalue weighted by Crippen LogP contribution is -2.60. The molecule has 7 unspecified atom stereocenters. The summed E-state index contributed by atoms with van der Waals surface area (Å²) in [6.45, 7) is 4.24. The van der Waals surface area contributed by atoms with E-state index in [1.807, 2.05) is 6.08 Å². The molecule has 1 aliphatic heterocycles. The topological polar surface area (TPSA) is 175 Å². The largest absolute Gasteiger partial charge is 0.466 e. The number of carbonyl (C=O) groups is 2. The lowest BCUT2D eigenvalue weighted by Gasteiger charge is -2.40. The molecule has 1 amide bonds. The number of hydrogen-bond acceptors (Lipinski definition) is 10. The molecule has 404 valence electrons. The van der Waals surface area contributed by atoms with Crippen molar-refractivity contribution in [2.24, 2.45) is 0 Å². The van der Waals surface area contributed by atoms with Gasteiger partial charge in [-0.2, -0.15) is 0 Å². The number of carbonyl (C=O) groups excluding carboxylic acids is 2. The van der Waals surface area contributed by atoms with Crippen molar-refractivity contribution in [1.82, 2.24) is 5.32 Å². The first-order chi connectivity index (χ1) is 33.7. The molecule has 1 fully saturated rings. The molecule has 0 saturated carbocycles. The van der Waals surface area contributed by atoms with E-state index >= 15 is 0 Å². The van der Waals surface area contributed by atoms with Gasteiger partial charge in [-0.25, -0.2) is 0 Å². The van der Waals surface area contributed by atoms with E-state index in [1.165, 1.54) is 154 Å². The average molecular weight is 978 g/mol. The van der Waals surface area contributed by atoms with Gasteiger partial charge >= 0.3 is 5.97 Å². The second kappa shape index (κ2) is 48.2. The fourth-order valence-electron chi connectivity index (χ4n) is 8.88. The van der Waals surface area contributed by atoms with Crippen LogP contribution in [0, 0.1) is 0 Å². The van der Waals surface area contributed by atoms with Crippen molar-refractivity contribution >= 4 is 11.9 Å². The van der Waals surface area contributed by atoms with Crippen LogP contribution in [0.2, 0.25) is 0 Å². The second-order valence-electron chi connectivity index (χ2n) is 20.0. The number of aliphatic hydroxyl groups excluding tert-OH is 5. The molecule has 0 spiro atoms. The summed E-state index contributed by atoms with van der Waals surface area (Å²) in [4.78, 5) is 25.1. The zero-order valence-corrected chi connectivity index (χ0v) is 44.3. The second-order valence-corrected chi connectivity index (χ2v) is 20.0. The SMILES string of the molecule is CCCCC/C=C\C/C=C\CCCCCCCCCCCC(=O)OCCCCCCCCCCCCCCCC(=O)NC(COC1OC(CO)C(O)C(O)C1O)C(O)/C=C/CCCCCCCCC. The molecule has 0 aliphatic carbocycles. The Hall–Kier alpha value is -2.12. The van der Waals surface area contributed by atoms with E-state index in [4.69, 9.17) is 14.2 Å². The van der Waals surface area contributed by atoms with E-state index < -0.39 is 49.5 Å². The van der Waals surface area contributed by atoms with E-state index in [0.717, 1.165) is 77.0 Å². The number of nitrogens with one attached hydrogen (secondary N) is 1. The van der Waals surface area contributed by atoms with Crippen molar-refractivity contribution in [3.05, 3.63) is 36.5 Å². The Balaban J connectivity index is 2.05. The molecule has 11 heteroatoms. The van der Waals surface area contributed by atoms with Gasteiger partial charge in [0.2, 0.25) is 5.91 Å². The Morgan fingerprint density at radius 1 is 0.536 bits per heavy atom. The van der Waals surface area contributed by atoms with E-state index in [1.54, 1.807) is 6.08 Å². The summed E-state index contributed by atoms with van der Waals surface area (Å²) >= 11 is 0. The van der Waals surface area contributed by atoms with Crippen molar-refractivity contribution in [1.29, 1.82) is 0 Å². The first-order valence-corrected chi connectivity index (χ1v) is 28.8. The quantitative estimate of drug-likeness (QED) is 0.0196. The van der Waals surface area contributed by atoms with Crippen LogP contribution in [0.3, 0.4) is 0 Å². The number of esters is 1. The van der Waals surface area contributed by atoms with Crippen LogP contribution in [0.4, 0.5) is 0 Å². The molecule has 6 N–H and O–H groups in total. The average Bonchev–Trinajstić information content (AvgIpc) is 3.34. The molecule has 1 aliphatic rings. The summed E-state index contributed by atoms with van der Waals surface area (Å²) < 4.78 is 16.7. The van der Waals surface area contributed by atoms with Gasteiger partial charge in [0.15, 0.2) is 6.29 Å². The van der Waals surface area contributed by atoms with Crippen LogP contribution < -0.4 is 5.32 Å². The van der Waals surface area contributed by atoms with Crippen molar-refractivity contribution < 1.29 is 49.3 Å². The van der Waals surface area contributed by atoms with Gasteiger partial charge in [-0.3, -0.25) is 9.59 Å². The highest BCUT2D eigenvalue weighted by atomic mass is 16.7. The van der Waals surface area contributed by atoms with Gasteiger partial charge in [0.1, 0.15) is 24.4 Å². The maximum Gasteiger partial charge on any atom is 0.305 e. The van der Waals surface area contributed by atoms with Crippen LogP contribution in [-0.4, -0.2) is 100 Å². The zero-order chi connectivity index (χ0) is 50.3. The molecule has 0 aromatic heterocycles. The molecule has 7 atom stereocenters. The summed E-state index contributed by atoms with van der Waals surface area (Å²) in [5.41, 5.74) is 0. The molecular weight excluding hydrogens is 871 g/mol. The number of amides is 1. The minimum Gasteiger partial charge on any atom is -0.466 e. The fourth-order valence-corrected chi connectivity index (χ4v) is 8.88. The number of allylic oxidation sites excluding steroid dienone is 5. The minimum absolute atomic E-state index is 0.0319. The maximum absolute atomic E-state index is 13.0. The van der Waals surface area contributed by atoms with E-state index in [-0.39, 0.29) is 18.5 Å². The predicted octanol–water partition coefficient (Wildman–Crippen LogP) is 12.7. The number of aliphatic hydroxyl groups is 5. The van der Waals surface area contributed by atoms with E-state index in [2.05, 4.69) is 43.5 Å². The molecule has 0 aromatic rings. The molecule has 1 saturated heterocycles. The highest BCUT2D eigenvalue weighted by Crippen LogP contribution is 2.23. The molecule has 0 aromatic carbocycles. The number of unbranched alkanes of at least 4 members (excludes halogenated alkanes) is 31. The normalized spacial score (nSPS) is 19.6. The Labute approximate surface area is 422 Å². The van der Waals surface area contributed by atoms with Gasteiger partial charge in [-0.15, -0.1) is 0 Å². The molecule has 1 heterocycles. The summed E-state index contributed by atoms with van der Waals surface area (Å²) in [6.07, 6.45) is 48.1. The molecular formula is C58H107NO10. The molecule has 0 radical (unpaired) electrons. The smallest absolute Gasteiger partial charge is 0.305 e. The lowest BCUT2D eigenvalue weighted by molar-refractivity contribution is -0.302. The Morgan fingerprint density at radius 3 is 1.49 bits per heavy atom. The Bertz CT molecular complexity index is 1240. The summed E-state index contributed by atoms with van der Waals surface area (Å²) in [5.74, 6) is -0.229. The van der Waals surface area contributed by atoms with Crippen LogP contribution in [0.1, 0.15) is 258 Å². The van der Waals surface area contributed by atoms with Crippen LogP contribution in [0.15, 0.2) is 36.5 Å². The fraction of sp³-hybridized carbons (Fsp3) is 0.862. The van der Waals surface area contributed by atoms with Crippen LogP contribution in [-0.2, 0) is 23.8 Å². The highest BCUT2D eigenvalue weighted by Gasteiger charge is 2.44. The van der Waals surface area contributed by atoms with Gasteiger partial charge < -0.3 is 45.1 Å². The van der Waals surface area contributed by atoms with Crippen LogP contribution in [0.5, 0.6) is 0 Å². The number of hydrogen-bond donors (Lipinski definition) is 6. The van der Waals surface area contributed by atoms with Crippen molar-refractivity contribution in [3.63, 3.8) is 0 Å². The van der Waals surface area contributed by atoms with Gasteiger partial charge in [0, 0.05) is 12.8 Å². The van der Waals surface area contributed by atoms with Gasteiger partial charge in [-0.05, 0) is 64.2 Å². The first kappa shape index (κ1) is 64.9. The Morgan fingerprint density at radius 2 is 0.971 bits per heavy atom. The summed E-state index contributed by atoms with van der Waals surface area (Å²) in [7, 11) is 0. The monoisotopic (exact) mass is 978 g/mol. The van der Waals surface area contributed by atoms with Crippen LogP contribution >= 0.6 is 0 Å². The van der Waals surface area contributed by atoms with Gasteiger partial charge in [0.05, 0.1) is 32.0 Å².